The molecule has 1 aliphatic heterocycles. The maximum atomic E-state index is 12.5. The van der Waals surface area contributed by atoms with E-state index in [1.165, 1.54) is 0 Å². The van der Waals surface area contributed by atoms with E-state index in [0.29, 0.717) is 12.2 Å². The maximum absolute atomic E-state index is 12.5. The van der Waals surface area contributed by atoms with E-state index in [1.807, 2.05) is 0 Å². The normalized spacial score (nSPS) is 24.1. The third kappa shape index (κ3) is 3.13. The second kappa shape index (κ2) is 4.94. The highest BCUT2D eigenvalue weighted by molar-refractivity contribution is 7.80. The second-order valence-corrected chi connectivity index (χ2v) is 5.85. The van der Waals surface area contributed by atoms with Crippen LogP contribution >= 0.6 is 12.6 Å². The van der Waals surface area contributed by atoms with Gasteiger partial charge in [0.05, 0.1) is 5.92 Å². The Morgan fingerprint density at radius 1 is 1.28 bits per heavy atom. The number of halogens is 3. The average Bonchev–Trinajstić information content (AvgIpc) is 3.08. The number of carbonyl (C=O) groups is 1. The average molecular weight is 281 g/mol. The fourth-order valence-electron chi connectivity index (χ4n) is 2.46. The first-order valence-corrected chi connectivity index (χ1v) is 6.95. The first-order chi connectivity index (χ1) is 8.36. The fourth-order valence-corrected chi connectivity index (χ4v) is 2.88. The summed E-state index contributed by atoms with van der Waals surface area (Å²) in [6, 6.07) is 0. The molecule has 104 valence electrons. The fraction of sp³-hybridized carbons (Fsp3) is 0.917. The molecule has 1 heterocycles. The molecule has 0 radical (unpaired) electrons. The summed E-state index contributed by atoms with van der Waals surface area (Å²) < 4.78 is 37.5. The second-order valence-electron chi connectivity index (χ2n) is 5.53. The van der Waals surface area contributed by atoms with Gasteiger partial charge in [0.15, 0.2) is 0 Å². The van der Waals surface area contributed by atoms with Crippen LogP contribution in [0, 0.1) is 11.3 Å². The number of likely N-dealkylation sites (tertiary alicyclic amines) is 1. The van der Waals surface area contributed by atoms with Crippen molar-refractivity contribution in [2.24, 2.45) is 11.3 Å². The van der Waals surface area contributed by atoms with Crippen LogP contribution in [0.1, 0.15) is 32.1 Å². The predicted octanol–water partition coefficient (Wildman–Crippen LogP) is 2.89. The van der Waals surface area contributed by atoms with Crippen LogP contribution in [0.25, 0.3) is 0 Å². The van der Waals surface area contributed by atoms with Gasteiger partial charge in [-0.2, -0.15) is 25.8 Å². The number of hydrogen-bond acceptors (Lipinski definition) is 2. The SMILES string of the molecule is O=C(CC1(CS)CC1)N1CCC(C(F)(F)F)CC1. The lowest BCUT2D eigenvalue weighted by Crippen LogP contribution is -2.42. The lowest BCUT2D eigenvalue weighted by Gasteiger charge is -2.33. The van der Waals surface area contributed by atoms with Gasteiger partial charge >= 0.3 is 6.18 Å². The number of amides is 1. The van der Waals surface area contributed by atoms with E-state index in [4.69, 9.17) is 0 Å². The Balaban J connectivity index is 1.81. The molecule has 0 aromatic carbocycles. The van der Waals surface area contributed by atoms with Gasteiger partial charge in [0.25, 0.3) is 0 Å². The van der Waals surface area contributed by atoms with E-state index in [-0.39, 0.29) is 37.3 Å². The highest BCUT2D eigenvalue weighted by atomic mass is 32.1. The van der Waals surface area contributed by atoms with Crippen molar-refractivity contribution in [3.05, 3.63) is 0 Å². The number of thiol groups is 1. The van der Waals surface area contributed by atoms with Gasteiger partial charge in [-0.3, -0.25) is 4.79 Å². The lowest BCUT2D eigenvalue weighted by molar-refractivity contribution is -0.186. The van der Waals surface area contributed by atoms with Crippen LogP contribution in [0.15, 0.2) is 0 Å². The largest absolute Gasteiger partial charge is 0.391 e. The molecule has 0 bridgehead atoms. The summed E-state index contributed by atoms with van der Waals surface area (Å²) >= 11 is 4.23. The van der Waals surface area contributed by atoms with Crippen LogP contribution < -0.4 is 0 Å². The van der Waals surface area contributed by atoms with Crippen molar-refractivity contribution in [3.8, 4) is 0 Å². The van der Waals surface area contributed by atoms with E-state index < -0.39 is 12.1 Å². The van der Waals surface area contributed by atoms with Crippen molar-refractivity contribution in [1.82, 2.24) is 4.90 Å². The smallest absolute Gasteiger partial charge is 0.343 e. The number of piperidine rings is 1. The van der Waals surface area contributed by atoms with Crippen LogP contribution in [-0.4, -0.2) is 35.8 Å². The number of carbonyl (C=O) groups excluding carboxylic acids is 1. The van der Waals surface area contributed by atoms with E-state index in [2.05, 4.69) is 12.6 Å². The number of alkyl halides is 3. The summed E-state index contributed by atoms with van der Waals surface area (Å²) in [7, 11) is 0. The molecule has 2 fully saturated rings. The van der Waals surface area contributed by atoms with Gasteiger partial charge in [0, 0.05) is 19.5 Å². The zero-order valence-corrected chi connectivity index (χ0v) is 11.1. The highest BCUT2D eigenvalue weighted by Crippen LogP contribution is 2.50. The van der Waals surface area contributed by atoms with Crippen molar-refractivity contribution >= 4 is 18.5 Å². The lowest BCUT2D eigenvalue weighted by atomic mass is 9.95. The molecular weight excluding hydrogens is 263 g/mol. The molecule has 0 aromatic rings. The van der Waals surface area contributed by atoms with Gasteiger partial charge < -0.3 is 4.90 Å². The Hall–Kier alpha value is -0.390. The third-order valence-electron chi connectivity index (χ3n) is 4.13. The molecule has 1 amide bonds. The van der Waals surface area contributed by atoms with Gasteiger partial charge in [-0.1, -0.05) is 0 Å². The van der Waals surface area contributed by atoms with Crippen LogP contribution in [0.4, 0.5) is 13.2 Å². The maximum Gasteiger partial charge on any atom is 0.391 e. The van der Waals surface area contributed by atoms with Crippen molar-refractivity contribution in [1.29, 1.82) is 0 Å². The summed E-state index contributed by atoms with van der Waals surface area (Å²) in [6.07, 6.45) is -1.54. The standard InChI is InChI=1S/C12H18F3NOS/c13-12(14,15)9-1-5-16(6-2-9)10(17)7-11(8-18)3-4-11/h9,18H,1-8H2. The Labute approximate surface area is 110 Å². The number of rotatable bonds is 3. The molecule has 2 rings (SSSR count). The van der Waals surface area contributed by atoms with Crippen LogP contribution in [0.3, 0.4) is 0 Å². The number of nitrogens with zero attached hydrogens (tertiary/aromatic N) is 1. The molecule has 0 unspecified atom stereocenters. The van der Waals surface area contributed by atoms with Crippen molar-refractivity contribution < 1.29 is 18.0 Å². The van der Waals surface area contributed by atoms with Gasteiger partial charge in [0.2, 0.25) is 5.91 Å². The molecule has 0 spiro atoms. The van der Waals surface area contributed by atoms with Crippen LogP contribution in [0.2, 0.25) is 0 Å². The van der Waals surface area contributed by atoms with Crippen molar-refractivity contribution in [3.63, 3.8) is 0 Å². The molecular formula is C12H18F3NOS. The molecule has 2 aliphatic rings. The molecule has 1 saturated heterocycles. The molecule has 18 heavy (non-hydrogen) atoms. The zero-order chi connectivity index (χ0) is 13.4. The monoisotopic (exact) mass is 281 g/mol. The summed E-state index contributed by atoms with van der Waals surface area (Å²) in [5, 5.41) is 0. The summed E-state index contributed by atoms with van der Waals surface area (Å²) in [5.41, 5.74) is 0.0427. The topological polar surface area (TPSA) is 20.3 Å². The molecule has 1 saturated carbocycles. The summed E-state index contributed by atoms with van der Waals surface area (Å²) in [4.78, 5) is 13.6. The van der Waals surface area contributed by atoms with Gasteiger partial charge in [0.1, 0.15) is 0 Å². The van der Waals surface area contributed by atoms with Crippen LogP contribution in [0.5, 0.6) is 0 Å². The Bertz CT molecular complexity index is 320. The van der Waals surface area contributed by atoms with E-state index >= 15 is 0 Å². The highest BCUT2D eigenvalue weighted by Gasteiger charge is 2.45. The molecule has 0 N–H and O–H groups in total. The molecule has 2 nitrogen and oxygen atoms in total. The van der Waals surface area contributed by atoms with E-state index in [9.17, 15) is 18.0 Å². The Morgan fingerprint density at radius 3 is 2.22 bits per heavy atom. The molecule has 0 aromatic heterocycles. The Morgan fingerprint density at radius 2 is 1.83 bits per heavy atom. The number of hydrogen-bond donors (Lipinski definition) is 1. The predicted molar refractivity (Wildman–Crippen MR) is 65.5 cm³/mol. The minimum Gasteiger partial charge on any atom is -0.343 e. The van der Waals surface area contributed by atoms with Gasteiger partial charge in [-0.25, -0.2) is 0 Å². The zero-order valence-electron chi connectivity index (χ0n) is 10.2. The van der Waals surface area contributed by atoms with Gasteiger partial charge in [-0.05, 0) is 36.9 Å². The minimum absolute atomic E-state index is 0.00201. The van der Waals surface area contributed by atoms with Gasteiger partial charge in [-0.15, -0.1) is 0 Å². The first kappa shape index (κ1) is 14.0. The minimum atomic E-state index is -4.11. The summed E-state index contributed by atoms with van der Waals surface area (Å²) in [6.45, 7) is 0.483. The van der Waals surface area contributed by atoms with Crippen molar-refractivity contribution in [2.75, 3.05) is 18.8 Å². The summed E-state index contributed by atoms with van der Waals surface area (Å²) in [5.74, 6) is -0.541. The van der Waals surface area contributed by atoms with Crippen molar-refractivity contribution in [2.45, 2.75) is 38.3 Å². The van der Waals surface area contributed by atoms with E-state index in [1.54, 1.807) is 4.90 Å². The van der Waals surface area contributed by atoms with Crippen LogP contribution in [-0.2, 0) is 4.79 Å². The molecule has 6 heteroatoms. The molecule has 1 aliphatic carbocycles. The third-order valence-corrected chi connectivity index (χ3v) is 4.80. The quantitative estimate of drug-likeness (QED) is 0.789. The Kier molecular flexibility index (Phi) is 3.85. The first-order valence-electron chi connectivity index (χ1n) is 6.32. The molecule has 0 atom stereocenters. The van der Waals surface area contributed by atoms with E-state index in [0.717, 1.165) is 12.8 Å².